The van der Waals surface area contributed by atoms with Crippen molar-refractivity contribution < 1.29 is 5.11 Å². The molecule has 0 aliphatic heterocycles. The van der Waals surface area contributed by atoms with Gasteiger partial charge in [0.1, 0.15) is 5.75 Å². The monoisotopic (exact) mass is 254 g/mol. The van der Waals surface area contributed by atoms with Gasteiger partial charge >= 0.3 is 0 Å². The molecule has 0 atom stereocenters. The van der Waals surface area contributed by atoms with Crippen molar-refractivity contribution in [3.05, 3.63) is 53.1 Å². The third-order valence-corrected chi connectivity index (χ3v) is 3.79. The Morgan fingerprint density at radius 3 is 2.05 bits per heavy atom. The minimum absolute atomic E-state index is 0.391. The molecule has 0 amide bonds. The van der Waals surface area contributed by atoms with E-state index in [1.807, 2.05) is 6.07 Å². The second-order valence-corrected chi connectivity index (χ2v) is 4.82. The summed E-state index contributed by atoms with van der Waals surface area (Å²) in [6.07, 6.45) is 2.96. The largest absolute Gasteiger partial charge is 0.507 e. The van der Waals surface area contributed by atoms with Crippen LogP contribution in [0.25, 0.3) is 11.1 Å². The molecule has 0 unspecified atom stereocenters. The van der Waals surface area contributed by atoms with Crippen LogP contribution < -0.4 is 0 Å². The topological polar surface area (TPSA) is 20.2 Å². The second kappa shape index (κ2) is 5.92. The Bertz CT molecular complexity index is 570. The summed E-state index contributed by atoms with van der Waals surface area (Å²) in [6.45, 7) is 6.50. The van der Waals surface area contributed by atoms with Crippen LogP contribution in [-0.4, -0.2) is 5.11 Å². The van der Waals surface area contributed by atoms with E-state index in [0.29, 0.717) is 5.75 Å². The van der Waals surface area contributed by atoms with E-state index in [4.69, 9.17) is 0 Å². The summed E-state index contributed by atoms with van der Waals surface area (Å²) in [6, 6.07) is 12.2. The summed E-state index contributed by atoms with van der Waals surface area (Å²) >= 11 is 0. The molecule has 2 aromatic carbocycles. The van der Waals surface area contributed by atoms with Gasteiger partial charge in [0.15, 0.2) is 0 Å². The van der Waals surface area contributed by atoms with Crippen LogP contribution in [0.15, 0.2) is 36.4 Å². The van der Waals surface area contributed by atoms with Crippen molar-refractivity contribution in [3.8, 4) is 16.9 Å². The highest BCUT2D eigenvalue weighted by Crippen LogP contribution is 2.36. The lowest BCUT2D eigenvalue weighted by molar-refractivity contribution is 0.476. The highest BCUT2D eigenvalue weighted by molar-refractivity contribution is 5.77. The fourth-order valence-corrected chi connectivity index (χ4v) is 2.81. The predicted octanol–water partition coefficient (Wildman–Crippen LogP) is 4.75. The lowest BCUT2D eigenvalue weighted by Crippen LogP contribution is -1.97. The van der Waals surface area contributed by atoms with Crippen molar-refractivity contribution >= 4 is 0 Å². The summed E-state index contributed by atoms with van der Waals surface area (Å²) in [5.41, 5.74) is 6.16. The molecule has 0 saturated heterocycles. The Labute approximate surface area is 115 Å². The average molecular weight is 254 g/mol. The first-order valence-corrected chi connectivity index (χ1v) is 7.14. The lowest BCUT2D eigenvalue weighted by Gasteiger charge is -2.16. The van der Waals surface area contributed by atoms with Crippen LogP contribution in [0.2, 0.25) is 0 Å². The van der Waals surface area contributed by atoms with Gasteiger partial charge < -0.3 is 5.11 Å². The summed E-state index contributed by atoms with van der Waals surface area (Å²) in [5.74, 6) is 0.391. The lowest BCUT2D eigenvalue weighted by atomic mass is 9.89. The molecule has 0 bridgehead atoms. The van der Waals surface area contributed by atoms with E-state index in [0.717, 1.165) is 24.8 Å². The van der Waals surface area contributed by atoms with E-state index in [1.165, 1.54) is 22.3 Å². The van der Waals surface area contributed by atoms with Crippen molar-refractivity contribution in [1.29, 1.82) is 0 Å². The van der Waals surface area contributed by atoms with Crippen molar-refractivity contribution in [2.75, 3.05) is 0 Å². The van der Waals surface area contributed by atoms with Gasteiger partial charge in [0, 0.05) is 5.56 Å². The summed E-state index contributed by atoms with van der Waals surface area (Å²) < 4.78 is 0. The fraction of sp³-hybridized carbons (Fsp3) is 0.333. The van der Waals surface area contributed by atoms with Gasteiger partial charge in [-0.1, -0.05) is 51.1 Å². The van der Waals surface area contributed by atoms with Crippen LogP contribution in [0.4, 0.5) is 0 Å². The quantitative estimate of drug-likeness (QED) is 0.835. The molecule has 2 aromatic rings. The van der Waals surface area contributed by atoms with Gasteiger partial charge in [-0.05, 0) is 47.6 Å². The van der Waals surface area contributed by atoms with Gasteiger partial charge in [0.05, 0.1) is 0 Å². The summed E-state index contributed by atoms with van der Waals surface area (Å²) in [5, 5.41) is 10.3. The predicted molar refractivity (Wildman–Crippen MR) is 81.7 cm³/mol. The summed E-state index contributed by atoms with van der Waals surface area (Å²) in [4.78, 5) is 0. The molecule has 100 valence electrons. The van der Waals surface area contributed by atoms with Crippen LogP contribution in [0.5, 0.6) is 5.75 Å². The molecule has 0 radical (unpaired) electrons. The third-order valence-electron chi connectivity index (χ3n) is 3.79. The minimum atomic E-state index is 0.391. The van der Waals surface area contributed by atoms with E-state index < -0.39 is 0 Å². The number of phenols is 1. The van der Waals surface area contributed by atoms with E-state index >= 15 is 0 Å². The molecule has 0 aliphatic rings. The maximum absolute atomic E-state index is 10.3. The molecular weight excluding hydrogens is 232 g/mol. The normalized spacial score (nSPS) is 10.7. The number of aryl methyl sites for hydroxylation is 2. The Morgan fingerprint density at radius 2 is 1.42 bits per heavy atom. The first-order valence-electron chi connectivity index (χ1n) is 7.14. The van der Waals surface area contributed by atoms with Crippen molar-refractivity contribution in [1.82, 2.24) is 0 Å². The number of rotatable bonds is 4. The van der Waals surface area contributed by atoms with Crippen LogP contribution in [0.1, 0.15) is 37.5 Å². The highest BCUT2D eigenvalue weighted by atomic mass is 16.3. The number of aromatic hydroxyl groups is 1. The molecule has 0 heterocycles. The van der Waals surface area contributed by atoms with Crippen molar-refractivity contribution in [2.45, 2.75) is 40.0 Å². The van der Waals surface area contributed by atoms with Crippen LogP contribution in [-0.2, 0) is 19.3 Å². The number of hydrogen-bond acceptors (Lipinski definition) is 1. The summed E-state index contributed by atoms with van der Waals surface area (Å²) in [7, 11) is 0. The number of phenolic OH excluding ortho intramolecular Hbond substituents is 1. The minimum Gasteiger partial charge on any atom is -0.507 e. The average Bonchev–Trinajstić information content (AvgIpc) is 2.45. The maximum Gasteiger partial charge on any atom is 0.123 e. The van der Waals surface area contributed by atoms with Gasteiger partial charge in [0.2, 0.25) is 0 Å². The zero-order chi connectivity index (χ0) is 13.8. The Morgan fingerprint density at radius 1 is 0.789 bits per heavy atom. The smallest absolute Gasteiger partial charge is 0.123 e. The Kier molecular flexibility index (Phi) is 4.26. The van der Waals surface area contributed by atoms with Gasteiger partial charge in [0.25, 0.3) is 0 Å². The zero-order valence-corrected chi connectivity index (χ0v) is 12.0. The molecule has 1 heteroatoms. The number of hydrogen-bond donors (Lipinski definition) is 1. The third kappa shape index (κ3) is 2.51. The van der Waals surface area contributed by atoms with E-state index in [2.05, 4.69) is 45.0 Å². The standard InChI is InChI=1S/C18H22O/c1-4-13-9-7-11-16(15(13)6-3)18-14(5-2)10-8-12-17(18)19/h7-12,19H,4-6H2,1-3H3. The van der Waals surface area contributed by atoms with Gasteiger partial charge in [-0.25, -0.2) is 0 Å². The molecule has 0 aromatic heterocycles. The molecule has 0 fully saturated rings. The van der Waals surface area contributed by atoms with Gasteiger partial charge in [-0.15, -0.1) is 0 Å². The number of benzene rings is 2. The maximum atomic E-state index is 10.3. The van der Waals surface area contributed by atoms with Crippen molar-refractivity contribution in [2.24, 2.45) is 0 Å². The Balaban J connectivity index is 2.72. The van der Waals surface area contributed by atoms with Crippen molar-refractivity contribution in [3.63, 3.8) is 0 Å². The van der Waals surface area contributed by atoms with Gasteiger partial charge in [-0.3, -0.25) is 0 Å². The molecule has 1 nitrogen and oxygen atoms in total. The van der Waals surface area contributed by atoms with Crippen LogP contribution in [0.3, 0.4) is 0 Å². The second-order valence-electron chi connectivity index (χ2n) is 4.82. The molecule has 2 rings (SSSR count). The molecule has 0 saturated carbocycles. The van der Waals surface area contributed by atoms with Gasteiger partial charge in [-0.2, -0.15) is 0 Å². The Hall–Kier alpha value is -1.76. The van der Waals surface area contributed by atoms with E-state index in [1.54, 1.807) is 6.07 Å². The fourth-order valence-electron chi connectivity index (χ4n) is 2.81. The molecule has 0 spiro atoms. The first-order chi connectivity index (χ1) is 9.22. The molecular formula is C18H22O. The SMILES string of the molecule is CCc1cccc(-c2c(O)cccc2CC)c1CC. The molecule has 1 N–H and O–H groups in total. The van der Waals surface area contributed by atoms with E-state index in [-0.39, 0.29) is 0 Å². The van der Waals surface area contributed by atoms with Crippen LogP contribution >= 0.6 is 0 Å². The zero-order valence-electron chi connectivity index (χ0n) is 12.0. The highest BCUT2D eigenvalue weighted by Gasteiger charge is 2.14. The molecule has 19 heavy (non-hydrogen) atoms. The van der Waals surface area contributed by atoms with Crippen LogP contribution in [0, 0.1) is 0 Å². The van der Waals surface area contributed by atoms with E-state index in [9.17, 15) is 5.11 Å². The molecule has 0 aliphatic carbocycles. The first kappa shape index (κ1) is 13.7.